The van der Waals surface area contributed by atoms with Crippen LogP contribution in [0.4, 0.5) is 10.1 Å². The third-order valence-electron chi connectivity index (χ3n) is 2.22. The highest BCUT2D eigenvalue weighted by Gasteiger charge is 2.21. The molecule has 12 heavy (non-hydrogen) atoms. The maximum atomic E-state index is 13.1. The fourth-order valence-electron chi connectivity index (χ4n) is 1.38. The molecule has 1 aliphatic rings. The highest BCUT2D eigenvalue weighted by atomic mass is 19.1. The van der Waals surface area contributed by atoms with Gasteiger partial charge >= 0.3 is 0 Å². The summed E-state index contributed by atoms with van der Waals surface area (Å²) in [5, 5.41) is 3.13. The first-order valence-electron chi connectivity index (χ1n) is 4.05. The van der Waals surface area contributed by atoms with E-state index in [1.54, 1.807) is 12.1 Å². The Morgan fingerprint density at radius 2 is 2.25 bits per heavy atom. The summed E-state index contributed by atoms with van der Waals surface area (Å²) in [5.74, 6) is -0.165. The van der Waals surface area contributed by atoms with Gasteiger partial charge in [-0.25, -0.2) is 4.39 Å². The monoisotopic (exact) mass is 166 g/mol. The predicted molar refractivity (Wildman–Crippen MR) is 46.2 cm³/mol. The summed E-state index contributed by atoms with van der Waals surface area (Å²) in [7, 11) is 0. The van der Waals surface area contributed by atoms with Crippen LogP contribution in [0.15, 0.2) is 18.2 Å². The van der Waals surface area contributed by atoms with Crippen LogP contribution >= 0.6 is 0 Å². The Morgan fingerprint density at radius 1 is 1.50 bits per heavy atom. The minimum Gasteiger partial charge on any atom is -0.399 e. The van der Waals surface area contributed by atoms with Crippen molar-refractivity contribution in [2.75, 3.05) is 12.3 Å². The summed E-state index contributed by atoms with van der Waals surface area (Å²) in [6.45, 7) is 0.971. The molecule has 2 rings (SSSR count). The Labute approximate surface area is 70.6 Å². The van der Waals surface area contributed by atoms with Crippen LogP contribution in [-0.4, -0.2) is 6.54 Å². The Kier molecular flexibility index (Phi) is 1.73. The number of nitrogens with one attached hydrogen (secondary N) is 1. The number of nitrogens with two attached hydrogens (primary N) is 1. The van der Waals surface area contributed by atoms with E-state index in [1.807, 2.05) is 0 Å². The van der Waals surface area contributed by atoms with Crippen molar-refractivity contribution < 1.29 is 4.39 Å². The lowest BCUT2D eigenvalue weighted by Gasteiger charge is -2.28. The van der Waals surface area contributed by atoms with Crippen LogP contribution in [-0.2, 0) is 0 Å². The van der Waals surface area contributed by atoms with Crippen LogP contribution in [0, 0.1) is 5.82 Å². The summed E-state index contributed by atoms with van der Waals surface area (Å²) < 4.78 is 13.1. The molecule has 1 fully saturated rings. The van der Waals surface area contributed by atoms with E-state index in [0.717, 1.165) is 13.0 Å². The van der Waals surface area contributed by atoms with Crippen LogP contribution in [0.2, 0.25) is 0 Å². The normalized spacial score (nSPS) is 21.9. The molecular weight excluding hydrogens is 155 g/mol. The Hall–Kier alpha value is -1.09. The van der Waals surface area contributed by atoms with E-state index in [4.69, 9.17) is 5.73 Å². The molecule has 0 spiro atoms. The molecule has 1 heterocycles. The van der Waals surface area contributed by atoms with Crippen molar-refractivity contribution in [2.45, 2.75) is 12.5 Å². The van der Waals surface area contributed by atoms with Gasteiger partial charge in [0.15, 0.2) is 0 Å². The Bertz CT molecular complexity index is 295. The van der Waals surface area contributed by atoms with E-state index in [9.17, 15) is 4.39 Å². The first-order valence-corrected chi connectivity index (χ1v) is 4.05. The molecule has 1 atom stereocenters. The molecular formula is C9H11FN2. The van der Waals surface area contributed by atoms with Gasteiger partial charge in [-0.3, -0.25) is 0 Å². The van der Waals surface area contributed by atoms with Crippen LogP contribution < -0.4 is 11.1 Å². The van der Waals surface area contributed by atoms with Crippen molar-refractivity contribution >= 4 is 5.69 Å². The second kappa shape index (κ2) is 2.75. The SMILES string of the molecule is Nc1ccc(F)c(C2CCN2)c1. The summed E-state index contributed by atoms with van der Waals surface area (Å²) in [6.07, 6.45) is 1.00. The number of hydrogen-bond donors (Lipinski definition) is 2. The zero-order valence-corrected chi connectivity index (χ0v) is 6.68. The van der Waals surface area contributed by atoms with Crippen molar-refractivity contribution in [1.29, 1.82) is 0 Å². The molecule has 1 aliphatic heterocycles. The van der Waals surface area contributed by atoms with Gasteiger partial charge < -0.3 is 11.1 Å². The zero-order chi connectivity index (χ0) is 8.55. The van der Waals surface area contributed by atoms with Gasteiger partial charge in [-0.05, 0) is 31.2 Å². The fourth-order valence-corrected chi connectivity index (χ4v) is 1.38. The van der Waals surface area contributed by atoms with Crippen molar-refractivity contribution in [2.24, 2.45) is 0 Å². The van der Waals surface area contributed by atoms with E-state index >= 15 is 0 Å². The van der Waals surface area contributed by atoms with Crippen molar-refractivity contribution in [3.8, 4) is 0 Å². The van der Waals surface area contributed by atoms with Gasteiger partial charge in [-0.15, -0.1) is 0 Å². The van der Waals surface area contributed by atoms with Gasteiger partial charge in [0.05, 0.1) is 0 Å². The van der Waals surface area contributed by atoms with E-state index in [1.165, 1.54) is 6.07 Å². The average Bonchev–Trinajstić information content (AvgIpc) is 1.93. The van der Waals surface area contributed by atoms with E-state index in [-0.39, 0.29) is 11.9 Å². The minimum absolute atomic E-state index is 0.165. The Morgan fingerprint density at radius 3 is 2.83 bits per heavy atom. The molecule has 0 aromatic heterocycles. The average molecular weight is 166 g/mol. The van der Waals surface area contributed by atoms with E-state index < -0.39 is 0 Å². The van der Waals surface area contributed by atoms with E-state index in [2.05, 4.69) is 5.32 Å². The molecule has 3 heteroatoms. The lowest BCUT2D eigenvalue weighted by Crippen LogP contribution is -2.35. The van der Waals surface area contributed by atoms with Gasteiger partial charge in [0.2, 0.25) is 0 Å². The number of hydrogen-bond acceptors (Lipinski definition) is 2. The molecule has 0 aliphatic carbocycles. The van der Waals surface area contributed by atoms with Gasteiger partial charge in [0.25, 0.3) is 0 Å². The summed E-state index contributed by atoms with van der Waals surface area (Å²) in [4.78, 5) is 0. The number of halogens is 1. The largest absolute Gasteiger partial charge is 0.399 e. The summed E-state index contributed by atoms with van der Waals surface area (Å²) in [6, 6.07) is 4.88. The molecule has 1 aromatic rings. The summed E-state index contributed by atoms with van der Waals surface area (Å²) >= 11 is 0. The van der Waals surface area contributed by atoms with Crippen molar-refractivity contribution in [3.63, 3.8) is 0 Å². The third kappa shape index (κ3) is 1.16. The Balaban J connectivity index is 2.34. The molecule has 3 N–H and O–H groups in total. The second-order valence-corrected chi connectivity index (χ2v) is 3.08. The molecule has 1 unspecified atom stereocenters. The molecule has 0 amide bonds. The van der Waals surface area contributed by atoms with E-state index in [0.29, 0.717) is 11.3 Å². The van der Waals surface area contributed by atoms with Crippen LogP contribution in [0.3, 0.4) is 0 Å². The maximum absolute atomic E-state index is 13.1. The minimum atomic E-state index is -0.165. The van der Waals surface area contributed by atoms with Gasteiger partial charge in [-0.2, -0.15) is 0 Å². The van der Waals surface area contributed by atoms with Crippen LogP contribution in [0.25, 0.3) is 0 Å². The van der Waals surface area contributed by atoms with Gasteiger partial charge in [0, 0.05) is 17.3 Å². The fraction of sp³-hybridized carbons (Fsp3) is 0.333. The molecule has 0 saturated carbocycles. The third-order valence-corrected chi connectivity index (χ3v) is 2.22. The number of anilines is 1. The summed E-state index contributed by atoms with van der Waals surface area (Å²) in [5.41, 5.74) is 6.87. The first-order chi connectivity index (χ1) is 5.77. The van der Waals surface area contributed by atoms with Gasteiger partial charge in [-0.1, -0.05) is 0 Å². The number of rotatable bonds is 1. The van der Waals surface area contributed by atoms with Crippen LogP contribution in [0.1, 0.15) is 18.0 Å². The maximum Gasteiger partial charge on any atom is 0.128 e. The standard InChI is InChI=1S/C9H11FN2/c10-8-2-1-6(11)5-7(8)9-3-4-12-9/h1-2,5,9,12H,3-4,11H2. The lowest BCUT2D eigenvalue weighted by atomic mass is 9.97. The number of benzene rings is 1. The highest BCUT2D eigenvalue weighted by molar-refractivity contribution is 5.42. The molecule has 1 aromatic carbocycles. The second-order valence-electron chi connectivity index (χ2n) is 3.08. The van der Waals surface area contributed by atoms with Crippen molar-refractivity contribution in [1.82, 2.24) is 5.32 Å². The number of nitrogen functional groups attached to an aromatic ring is 1. The molecule has 64 valence electrons. The highest BCUT2D eigenvalue weighted by Crippen LogP contribution is 2.26. The first kappa shape index (κ1) is 7.55. The lowest BCUT2D eigenvalue weighted by molar-refractivity contribution is 0.370. The topological polar surface area (TPSA) is 38.0 Å². The van der Waals surface area contributed by atoms with Crippen molar-refractivity contribution in [3.05, 3.63) is 29.6 Å². The zero-order valence-electron chi connectivity index (χ0n) is 6.68. The molecule has 2 nitrogen and oxygen atoms in total. The van der Waals surface area contributed by atoms with Crippen LogP contribution in [0.5, 0.6) is 0 Å². The molecule has 1 saturated heterocycles. The molecule has 0 radical (unpaired) electrons. The smallest absolute Gasteiger partial charge is 0.128 e. The predicted octanol–water partition coefficient (Wildman–Crippen LogP) is 1.44. The van der Waals surface area contributed by atoms with Gasteiger partial charge in [0.1, 0.15) is 5.82 Å². The molecule has 0 bridgehead atoms. The quantitative estimate of drug-likeness (QED) is 0.619.